The fourth-order valence-corrected chi connectivity index (χ4v) is 4.75. The summed E-state index contributed by atoms with van der Waals surface area (Å²) in [6.45, 7) is 2.96. The number of carbonyl (C=O) groups excluding carboxylic acids is 1. The summed E-state index contributed by atoms with van der Waals surface area (Å²) in [5.41, 5.74) is 0.623. The maximum atomic E-state index is 13.2. The topological polar surface area (TPSA) is 131 Å². The molecule has 4 aromatic rings. The lowest BCUT2D eigenvalue weighted by molar-refractivity contribution is -0.137. The number of aliphatic hydroxyl groups is 1. The molecule has 2 aliphatic rings. The van der Waals surface area contributed by atoms with Crippen LogP contribution in [-0.4, -0.2) is 59.1 Å². The van der Waals surface area contributed by atoms with Crippen molar-refractivity contribution in [1.82, 2.24) is 29.4 Å². The van der Waals surface area contributed by atoms with Gasteiger partial charge in [-0.15, -0.1) is 0 Å². The molecule has 1 aliphatic carbocycles. The fraction of sp³-hybridized carbons (Fsp3) is 0.400. The number of carbonyl (C=O) groups is 1. The van der Waals surface area contributed by atoms with Crippen molar-refractivity contribution in [2.24, 2.45) is 5.92 Å². The zero-order valence-electron chi connectivity index (χ0n) is 19.9. The lowest BCUT2D eigenvalue weighted by atomic mass is 9.91. The Morgan fingerprint density at radius 2 is 2.06 bits per heavy atom. The van der Waals surface area contributed by atoms with Crippen molar-refractivity contribution in [3.8, 4) is 5.69 Å². The molecule has 1 saturated heterocycles. The highest BCUT2D eigenvalue weighted by atomic mass is 16.5. The van der Waals surface area contributed by atoms with E-state index >= 15 is 0 Å². The molecule has 6 rings (SSSR count). The minimum atomic E-state index is -1.06. The lowest BCUT2D eigenvalue weighted by Gasteiger charge is -2.38. The number of nitrogens with zero attached hydrogens (tertiary/aromatic N) is 6. The molecule has 2 fully saturated rings. The quantitative estimate of drug-likeness (QED) is 0.422. The van der Waals surface area contributed by atoms with Gasteiger partial charge >= 0.3 is 0 Å². The summed E-state index contributed by atoms with van der Waals surface area (Å²) in [6.07, 6.45) is 5.76. The monoisotopic (exact) mass is 489 g/mol. The second-order valence-corrected chi connectivity index (χ2v) is 9.79. The molecule has 4 heterocycles. The highest BCUT2D eigenvalue weighted by Gasteiger charge is 2.39. The number of amides is 1. The molecular formula is C25H27N7O4. The molecule has 11 heteroatoms. The molecule has 1 aromatic carbocycles. The Bertz CT molecular complexity index is 1490. The Kier molecular flexibility index (Phi) is 5.36. The number of fused-ring (bicyclic) bond motifs is 1. The van der Waals surface area contributed by atoms with Gasteiger partial charge < -0.3 is 19.8 Å². The van der Waals surface area contributed by atoms with Gasteiger partial charge in [0, 0.05) is 30.8 Å². The van der Waals surface area contributed by atoms with Gasteiger partial charge in [0.25, 0.3) is 5.56 Å². The largest absolute Gasteiger partial charge is 0.388 e. The van der Waals surface area contributed by atoms with Crippen LogP contribution in [0.25, 0.3) is 16.7 Å². The van der Waals surface area contributed by atoms with Crippen LogP contribution in [-0.2, 0) is 11.3 Å². The zero-order chi connectivity index (χ0) is 24.9. The van der Waals surface area contributed by atoms with Crippen LogP contribution >= 0.6 is 0 Å². The first kappa shape index (κ1) is 22.5. The minimum Gasteiger partial charge on any atom is -0.388 e. The van der Waals surface area contributed by atoms with Gasteiger partial charge in [0.05, 0.1) is 24.0 Å². The van der Waals surface area contributed by atoms with E-state index in [0.29, 0.717) is 48.5 Å². The standard InChI is InChI=1S/C25H27N7O4/c1-16-11-21(29-36-16)28-18-3-2-4-19(12-18)32-22-20(13-27-32)24(34)31(15-26-22)14-25(35)7-9-30(10-8-25)23(33)17-5-6-17/h2-4,11-13,15,17,35H,5-10,14H2,1H3,(H,28,29). The second-order valence-electron chi connectivity index (χ2n) is 9.79. The van der Waals surface area contributed by atoms with E-state index in [1.807, 2.05) is 36.1 Å². The van der Waals surface area contributed by atoms with Crippen molar-refractivity contribution in [2.45, 2.75) is 44.8 Å². The van der Waals surface area contributed by atoms with Crippen molar-refractivity contribution >= 4 is 28.4 Å². The number of aryl methyl sites for hydroxylation is 1. The van der Waals surface area contributed by atoms with Gasteiger partial charge in [-0.2, -0.15) is 5.10 Å². The zero-order valence-corrected chi connectivity index (χ0v) is 19.9. The average molecular weight is 490 g/mol. The molecule has 0 atom stereocenters. The third kappa shape index (κ3) is 4.26. The van der Waals surface area contributed by atoms with Crippen molar-refractivity contribution in [3.63, 3.8) is 0 Å². The van der Waals surface area contributed by atoms with E-state index < -0.39 is 5.60 Å². The SMILES string of the molecule is Cc1cc(Nc2cccc(-n3ncc4c(=O)n(CC5(O)CCN(C(=O)C6CC6)CC5)cnc43)c2)no1. The number of rotatable bonds is 6. The predicted octanol–water partition coefficient (Wildman–Crippen LogP) is 2.39. The van der Waals surface area contributed by atoms with Crippen LogP contribution in [0, 0.1) is 12.8 Å². The van der Waals surface area contributed by atoms with Gasteiger partial charge in [-0.05, 0) is 50.8 Å². The summed E-state index contributed by atoms with van der Waals surface area (Å²) < 4.78 is 8.15. The van der Waals surface area contributed by atoms with Crippen LogP contribution in [0.2, 0.25) is 0 Å². The molecule has 186 valence electrons. The Morgan fingerprint density at radius 1 is 1.25 bits per heavy atom. The molecule has 0 unspecified atom stereocenters. The normalized spacial score (nSPS) is 17.4. The van der Waals surface area contributed by atoms with Crippen LogP contribution in [0.5, 0.6) is 0 Å². The molecule has 11 nitrogen and oxygen atoms in total. The fourth-order valence-electron chi connectivity index (χ4n) is 4.75. The predicted molar refractivity (Wildman–Crippen MR) is 131 cm³/mol. The summed E-state index contributed by atoms with van der Waals surface area (Å²) in [5, 5.41) is 23.0. The molecule has 36 heavy (non-hydrogen) atoms. The first-order valence-electron chi connectivity index (χ1n) is 12.1. The molecule has 1 amide bonds. The van der Waals surface area contributed by atoms with Gasteiger partial charge in [-0.1, -0.05) is 11.2 Å². The van der Waals surface area contributed by atoms with Gasteiger partial charge in [0.2, 0.25) is 5.91 Å². The maximum Gasteiger partial charge on any atom is 0.264 e. The van der Waals surface area contributed by atoms with Crippen molar-refractivity contribution in [1.29, 1.82) is 0 Å². The third-order valence-electron chi connectivity index (χ3n) is 6.94. The number of hydrogen-bond acceptors (Lipinski definition) is 8. The Labute approximate surface area is 206 Å². The summed E-state index contributed by atoms with van der Waals surface area (Å²) in [4.78, 5) is 31.9. The highest BCUT2D eigenvalue weighted by Crippen LogP contribution is 2.33. The van der Waals surface area contributed by atoms with E-state index in [0.717, 1.165) is 24.2 Å². The molecule has 0 spiro atoms. The summed E-state index contributed by atoms with van der Waals surface area (Å²) >= 11 is 0. The maximum absolute atomic E-state index is 13.2. The highest BCUT2D eigenvalue weighted by molar-refractivity contribution is 5.81. The number of benzene rings is 1. The van der Waals surface area contributed by atoms with Crippen LogP contribution < -0.4 is 10.9 Å². The molecule has 3 aromatic heterocycles. The number of aromatic nitrogens is 5. The Balaban J connectivity index is 1.21. The molecule has 1 saturated carbocycles. The molecule has 1 aliphatic heterocycles. The van der Waals surface area contributed by atoms with Crippen LogP contribution in [0.4, 0.5) is 11.5 Å². The number of piperidine rings is 1. The summed E-state index contributed by atoms with van der Waals surface area (Å²) in [6, 6.07) is 9.31. The lowest BCUT2D eigenvalue weighted by Crippen LogP contribution is -2.50. The Morgan fingerprint density at radius 3 is 2.78 bits per heavy atom. The third-order valence-corrected chi connectivity index (χ3v) is 6.94. The molecule has 2 N–H and O–H groups in total. The second kappa shape index (κ2) is 8.59. The van der Waals surface area contributed by atoms with Gasteiger partial charge in [0.15, 0.2) is 11.5 Å². The van der Waals surface area contributed by atoms with E-state index in [9.17, 15) is 14.7 Å². The first-order chi connectivity index (χ1) is 17.4. The number of nitrogens with one attached hydrogen (secondary N) is 1. The number of likely N-dealkylation sites (tertiary alicyclic amines) is 1. The van der Waals surface area contributed by atoms with Crippen LogP contribution in [0.15, 0.2) is 52.2 Å². The van der Waals surface area contributed by atoms with E-state index in [-0.39, 0.29) is 23.9 Å². The van der Waals surface area contributed by atoms with Crippen molar-refractivity contribution in [3.05, 3.63) is 59.0 Å². The Hall–Kier alpha value is -3.99. The van der Waals surface area contributed by atoms with E-state index in [1.165, 1.54) is 17.1 Å². The summed E-state index contributed by atoms with van der Waals surface area (Å²) in [7, 11) is 0. The number of anilines is 2. The van der Waals surface area contributed by atoms with Crippen LogP contribution in [0.3, 0.4) is 0 Å². The molecule has 0 bridgehead atoms. The number of hydrogen-bond donors (Lipinski definition) is 2. The minimum absolute atomic E-state index is 0.127. The first-order valence-corrected chi connectivity index (χ1v) is 12.1. The van der Waals surface area contributed by atoms with Crippen molar-refractivity contribution < 1.29 is 14.4 Å². The summed E-state index contributed by atoms with van der Waals surface area (Å²) in [5.74, 6) is 1.66. The van der Waals surface area contributed by atoms with E-state index in [4.69, 9.17) is 4.52 Å². The van der Waals surface area contributed by atoms with Gasteiger partial charge in [-0.3, -0.25) is 14.2 Å². The smallest absolute Gasteiger partial charge is 0.264 e. The van der Waals surface area contributed by atoms with E-state index in [2.05, 4.69) is 20.6 Å². The van der Waals surface area contributed by atoms with Crippen molar-refractivity contribution in [2.75, 3.05) is 18.4 Å². The van der Waals surface area contributed by atoms with Crippen LogP contribution in [0.1, 0.15) is 31.4 Å². The average Bonchev–Trinajstić information content (AvgIpc) is 3.50. The van der Waals surface area contributed by atoms with Gasteiger partial charge in [-0.25, -0.2) is 9.67 Å². The van der Waals surface area contributed by atoms with E-state index in [1.54, 1.807) is 10.7 Å². The van der Waals surface area contributed by atoms with Gasteiger partial charge in [0.1, 0.15) is 17.5 Å². The molecular weight excluding hydrogens is 462 g/mol. The molecule has 0 radical (unpaired) electrons.